The van der Waals surface area contributed by atoms with Gasteiger partial charge in [-0.05, 0) is 49.9 Å². The van der Waals surface area contributed by atoms with Crippen LogP contribution in [0, 0.1) is 6.92 Å². The van der Waals surface area contributed by atoms with E-state index in [-0.39, 0.29) is 17.9 Å². The van der Waals surface area contributed by atoms with Gasteiger partial charge in [0, 0.05) is 21.6 Å². The summed E-state index contributed by atoms with van der Waals surface area (Å²) in [6.45, 7) is 5.53. The van der Waals surface area contributed by atoms with Crippen LogP contribution in [0.25, 0.3) is 5.57 Å². The lowest BCUT2D eigenvalue weighted by Crippen LogP contribution is -2.38. The lowest BCUT2D eigenvalue weighted by Gasteiger charge is -2.19. The number of nitrogens with zero attached hydrogens (tertiary/aromatic N) is 1. The van der Waals surface area contributed by atoms with E-state index in [1.54, 1.807) is 6.07 Å². The average Bonchev–Trinajstić information content (AvgIpc) is 3.11. The predicted molar refractivity (Wildman–Crippen MR) is 98.0 cm³/mol. The van der Waals surface area contributed by atoms with Crippen LogP contribution < -0.4 is 5.32 Å². The van der Waals surface area contributed by atoms with Crippen LogP contribution in [-0.2, 0) is 9.59 Å². The van der Waals surface area contributed by atoms with E-state index >= 15 is 0 Å². The van der Waals surface area contributed by atoms with Crippen molar-refractivity contribution in [1.82, 2.24) is 4.90 Å². The van der Waals surface area contributed by atoms with E-state index in [1.165, 1.54) is 16.2 Å². The summed E-state index contributed by atoms with van der Waals surface area (Å²) in [6.07, 6.45) is 0. The fourth-order valence-electron chi connectivity index (χ4n) is 2.66. The standard InChI is InChI=1S/C18H17ClN2O2S/c1-10(2)21-17(22)15(14-8-5-9-24-14)16(18(21)23)20-13-7-4-6-12(19)11(13)3/h4-10,20H,1-3H3. The van der Waals surface area contributed by atoms with Gasteiger partial charge in [-0.15, -0.1) is 11.3 Å². The number of carbonyl (C=O) groups excluding carboxylic acids is 2. The van der Waals surface area contributed by atoms with Crippen molar-refractivity contribution in [2.75, 3.05) is 5.32 Å². The van der Waals surface area contributed by atoms with Crippen molar-refractivity contribution in [3.05, 3.63) is 56.9 Å². The molecule has 0 radical (unpaired) electrons. The Morgan fingerprint density at radius 2 is 1.88 bits per heavy atom. The first-order chi connectivity index (χ1) is 11.4. The van der Waals surface area contributed by atoms with Crippen molar-refractivity contribution in [3.8, 4) is 0 Å². The molecule has 2 heterocycles. The average molecular weight is 361 g/mol. The topological polar surface area (TPSA) is 49.4 Å². The first-order valence-corrected chi connectivity index (χ1v) is 8.85. The molecule has 1 aliphatic heterocycles. The van der Waals surface area contributed by atoms with Crippen LogP contribution >= 0.6 is 22.9 Å². The molecule has 0 aliphatic carbocycles. The maximum atomic E-state index is 12.8. The molecule has 1 N–H and O–H groups in total. The van der Waals surface area contributed by atoms with Gasteiger partial charge in [0.2, 0.25) is 0 Å². The maximum absolute atomic E-state index is 12.8. The third-order valence-corrected chi connectivity index (χ3v) is 5.22. The molecule has 1 aliphatic rings. The van der Waals surface area contributed by atoms with Crippen molar-refractivity contribution in [2.45, 2.75) is 26.8 Å². The molecule has 24 heavy (non-hydrogen) atoms. The Morgan fingerprint density at radius 1 is 1.12 bits per heavy atom. The zero-order chi connectivity index (χ0) is 17.4. The molecule has 0 fully saturated rings. The molecule has 0 bridgehead atoms. The van der Waals surface area contributed by atoms with E-state index in [4.69, 9.17) is 11.6 Å². The van der Waals surface area contributed by atoms with Gasteiger partial charge in [0.25, 0.3) is 11.8 Å². The number of benzene rings is 1. The Labute approximate surface area is 149 Å². The van der Waals surface area contributed by atoms with E-state index in [1.807, 2.05) is 50.4 Å². The second-order valence-electron chi connectivity index (χ2n) is 5.84. The minimum Gasteiger partial charge on any atom is -0.350 e. The van der Waals surface area contributed by atoms with Crippen molar-refractivity contribution >= 4 is 46.0 Å². The molecule has 0 saturated heterocycles. The number of rotatable bonds is 4. The maximum Gasteiger partial charge on any atom is 0.278 e. The molecule has 1 aromatic heterocycles. The van der Waals surface area contributed by atoms with E-state index in [9.17, 15) is 9.59 Å². The third-order valence-electron chi connectivity index (χ3n) is 3.93. The summed E-state index contributed by atoms with van der Waals surface area (Å²) in [5.74, 6) is -0.572. The smallest absolute Gasteiger partial charge is 0.278 e. The summed E-state index contributed by atoms with van der Waals surface area (Å²) in [4.78, 5) is 27.7. The second-order valence-corrected chi connectivity index (χ2v) is 7.19. The van der Waals surface area contributed by atoms with Gasteiger partial charge in [-0.2, -0.15) is 0 Å². The Bertz CT molecular complexity index is 841. The molecule has 1 aromatic carbocycles. The summed E-state index contributed by atoms with van der Waals surface area (Å²) in [7, 11) is 0. The van der Waals surface area contributed by atoms with Crippen LogP contribution in [0.15, 0.2) is 41.4 Å². The number of nitrogens with one attached hydrogen (secondary N) is 1. The van der Waals surface area contributed by atoms with Crippen LogP contribution in [0.2, 0.25) is 5.02 Å². The highest BCUT2D eigenvalue weighted by Gasteiger charge is 2.41. The lowest BCUT2D eigenvalue weighted by molar-refractivity contribution is -0.138. The predicted octanol–water partition coefficient (Wildman–Crippen LogP) is 4.31. The quantitative estimate of drug-likeness (QED) is 0.826. The molecule has 4 nitrogen and oxygen atoms in total. The number of thiophene rings is 1. The van der Waals surface area contributed by atoms with Crippen LogP contribution in [0.4, 0.5) is 5.69 Å². The largest absolute Gasteiger partial charge is 0.350 e. The van der Waals surface area contributed by atoms with E-state index in [0.717, 1.165) is 16.1 Å². The van der Waals surface area contributed by atoms with Crippen molar-refractivity contribution in [3.63, 3.8) is 0 Å². The highest BCUT2D eigenvalue weighted by atomic mass is 35.5. The summed E-state index contributed by atoms with van der Waals surface area (Å²) >= 11 is 7.60. The molecule has 0 atom stereocenters. The van der Waals surface area contributed by atoms with Gasteiger partial charge < -0.3 is 5.32 Å². The third kappa shape index (κ3) is 2.74. The zero-order valence-electron chi connectivity index (χ0n) is 13.6. The first-order valence-electron chi connectivity index (χ1n) is 7.60. The molecule has 6 heteroatoms. The van der Waals surface area contributed by atoms with Gasteiger partial charge in [-0.25, -0.2) is 0 Å². The molecular formula is C18H17ClN2O2S. The van der Waals surface area contributed by atoms with Gasteiger partial charge in [0.15, 0.2) is 0 Å². The molecule has 3 rings (SSSR count). The molecule has 2 aromatic rings. The van der Waals surface area contributed by atoms with Crippen molar-refractivity contribution in [2.24, 2.45) is 0 Å². The Hall–Kier alpha value is -2.11. The van der Waals surface area contributed by atoms with E-state index in [2.05, 4.69) is 5.32 Å². The van der Waals surface area contributed by atoms with Gasteiger partial charge in [-0.1, -0.05) is 23.7 Å². The summed E-state index contributed by atoms with van der Waals surface area (Å²) < 4.78 is 0. The first kappa shape index (κ1) is 16.7. The van der Waals surface area contributed by atoms with Crippen LogP contribution in [0.5, 0.6) is 0 Å². The van der Waals surface area contributed by atoms with E-state index in [0.29, 0.717) is 16.3 Å². The Kier molecular flexibility index (Phi) is 4.47. The van der Waals surface area contributed by atoms with Crippen molar-refractivity contribution < 1.29 is 9.59 Å². The molecule has 2 amide bonds. The molecular weight excluding hydrogens is 344 g/mol. The van der Waals surface area contributed by atoms with E-state index < -0.39 is 0 Å². The number of anilines is 1. The fraction of sp³-hybridized carbons (Fsp3) is 0.222. The molecule has 0 saturated carbocycles. The van der Waals surface area contributed by atoms with Gasteiger partial charge in [0.1, 0.15) is 5.70 Å². The number of halogens is 1. The Balaban J connectivity index is 2.11. The molecule has 0 unspecified atom stereocenters. The van der Waals surface area contributed by atoms with Crippen LogP contribution in [0.3, 0.4) is 0 Å². The molecule has 0 spiro atoms. The summed E-state index contributed by atoms with van der Waals surface area (Å²) in [5, 5.41) is 5.64. The normalized spacial score (nSPS) is 15.0. The highest BCUT2D eigenvalue weighted by Crippen LogP contribution is 2.35. The zero-order valence-corrected chi connectivity index (χ0v) is 15.2. The number of imide groups is 1. The minimum atomic E-state index is -0.308. The fourth-order valence-corrected chi connectivity index (χ4v) is 3.60. The monoisotopic (exact) mass is 360 g/mol. The van der Waals surface area contributed by atoms with Crippen molar-refractivity contribution in [1.29, 1.82) is 0 Å². The van der Waals surface area contributed by atoms with Gasteiger partial charge >= 0.3 is 0 Å². The van der Waals surface area contributed by atoms with Crippen LogP contribution in [-0.4, -0.2) is 22.8 Å². The summed E-state index contributed by atoms with van der Waals surface area (Å²) in [6, 6.07) is 8.95. The number of amides is 2. The van der Waals surface area contributed by atoms with Gasteiger partial charge in [-0.3, -0.25) is 14.5 Å². The number of hydrogen-bond donors (Lipinski definition) is 1. The number of carbonyl (C=O) groups is 2. The van der Waals surface area contributed by atoms with Crippen LogP contribution in [0.1, 0.15) is 24.3 Å². The minimum absolute atomic E-state index is 0.209. The second kappa shape index (κ2) is 6.42. The Morgan fingerprint density at radius 3 is 2.50 bits per heavy atom. The highest BCUT2D eigenvalue weighted by molar-refractivity contribution is 7.11. The van der Waals surface area contributed by atoms with Gasteiger partial charge in [0.05, 0.1) is 5.57 Å². The summed E-state index contributed by atoms with van der Waals surface area (Å²) in [5.41, 5.74) is 2.28. The number of hydrogen-bond acceptors (Lipinski definition) is 4. The SMILES string of the molecule is Cc1c(Cl)cccc1NC1=C(c2cccs2)C(=O)N(C(C)C)C1=O. The molecule has 124 valence electrons. The lowest BCUT2D eigenvalue weighted by atomic mass is 10.1.